The lowest BCUT2D eigenvalue weighted by Gasteiger charge is -2.09. The Bertz CT molecular complexity index is 1730. The van der Waals surface area contributed by atoms with Gasteiger partial charge in [-0.3, -0.25) is 9.89 Å². The number of aromatic amines is 1. The number of nitrogens with zero attached hydrogens (tertiary/aromatic N) is 2. The topological polar surface area (TPSA) is 79.4 Å². The van der Waals surface area contributed by atoms with Crippen LogP contribution in [0.5, 0.6) is 5.75 Å². The number of methoxy groups -OCH3 is 1. The summed E-state index contributed by atoms with van der Waals surface area (Å²) in [5.41, 5.74) is 5.35. The van der Waals surface area contributed by atoms with Gasteiger partial charge in [0.05, 0.1) is 24.6 Å². The lowest BCUT2D eigenvalue weighted by Crippen LogP contribution is -2.18. The van der Waals surface area contributed by atoms with Gasteiger partial charge in [0.1, 0.15) is 11.4 Å². The first-order valence-electron chi connectivity index (χ1n) is 11.6. The van der Waals surface area contributed by atoms with Gasteiger partial charge in [-0.25, -0.2) is 5.43 Å². The van der Waals surface area contributed by atoms with Crippen LogP contribution in [0.3, 0.4) is 0 Å². The molecule has 0 saturated carbocycles. The Morgan fingerprint density at radius 2 is 1.47 bits per heavy atom. The molecule has 0 fully saturated rings. The van der Waals surface area contributed by atoms with Crippen molar-refractivity contribution in [2.24, 2.45) is 5.10 Å². The maximum atomic E-state index is 12.9. The average molecular weight is 471 g/mol. The van der Waals surface area contributed by atoms with E-state index < -0.39 is 0 Å². The summed E-state index contributed by atoms with van der Waals surface area (Å²) in [6.45, 7) is 0. The van der Waals surface area contributed by atoms with Gasteiger partial charge < -0.3 is 4.74 Å². The highest BCUT2D eigenvalue weighted by Crippen LogP contribution is 2.36. The van der Waals surface area contributed by atoms with Crippen molar-refractivity contribution in [3.05, 3.63) is 108 Å². The second kappa shape index (κ2) is 9.00. The molecule has 6 aromatic rings. The highest BCUT2D eigenvalue weighted by atomic mass is 16.5. The van der Waals surface area contributed by atoms with E-state index in [1.807, 2.05) is 60.7 Å². The van der Waals surface area contributed by atoms with Crippen LogP contribution in [-0.2, 0) is 0 Å². The predicted octanol–water partition coefficient (Wildman–Crippen LogP) is 6.31. The van der Waals surface area contributed by atoms with E-state index in [0.717, 1.165) is 43.4 Å². The van der Waals surface area contributed by atoms with Gasteiger partial charge in [-0.05, 0) is 50.5 Å². The zero-order valence-electron chi connectivity index (χ0n) is 19.5. The fourth-order valence-corrected chi connectivity index (χ4v) is 4.66. The molecule has 5 aromatic carbocycles. The first-order chi connectivity index (χ1) is 17.7. The summed E-state index contributed by atoms with van der Waals surface area (Å²) in [7, 11) is 1.62. The minimum Gasteiger partial charge on any atom is -0.496 e. The van der Waals surface area contributed by atoms with Crippen molar-refractivity contribution in [1.82, 2.24) is 15.6 Å². The molecular formula is C30H22N4O2. The van der Waals surface area contributed by atoms with Gasteiger partial charge in [0, 0.05) is 5.56 Å². The van der Waals surface area contributed by atoms with Crippen LogP contribution in [0.2, 0.25) is 0 Å². The van der Waals surface area contributed by atoms with Crippen molar-refractivity contribution in [3.63, 3.8) is 0 Å². The second-order valence-electron chi connectivity index (χ2n) is 8.46. The Kier molecular flexibility index (Phi) is 5.39. The molecule has 0 saturated heterocycles. The molecule has 1 heterocycles. The average Bonchev–Trinajstić information content (AvgIpc) is 3.42. The van der Waals surface area contributed by atoms with Crippen LogP contribution >= 0.6 is 0 Å². The third-order valence-corrected chi connectivity index (χ3v) is 6.36. The van der Waals surface area contributed by atoms with Crippen LogP contribution in [0.15, 0.2) is 102 Å². The molecule has 174 valence electrons. The Labute approximate surface area is 207 Å². The van der Waals surface area contributed by atoms with Gasteiger partial charge in [-0.1, -0.05) is 78.9 Å². The highest BCUT2D eigenvalue weighted by molar-refractivity contribution is 6.13. The van der Waals surface area contributed by atoms with Crippen LogP contribution in [0.25, 0.3) is 43.6 Å². The summed E-state index contributed by atoms with van der Waals surface area (Å²) in [6.07, 6.45) is 1.70. The van der Waals surface area contributed by atoms with E-state index in [0.29, 0.717) is 17.1 Å². The number of fused-ring (bicyclic) bond motifs is 3. The van der Waals surface area contributed by atoms with Gasteiger partial charge in [-0.15, -0.1) is 0 Å². The molecule has 0 unspecified atom stereocenters. The first-order valence-corrected chi connectivity index (χ1v) is 11.6. The van der Waals surface area contributed by atoms with Crippen molar-refractivity contribution in [3.8, 4) is 17.0 Å². The Balaban J connectivity index is 1.31. The summed E-state index contributed by atoms with van der Waals surface area (Å²) in [5, 5.41) is 18.0. The number of rotatable bonds is 5. The molecule has 0 aliphatic heterocycles. The van der Waals surface area contributed by atoms with Crippen molar-refractivity contribution in [2.75, 3.05) is 7.11 Å². The van der Waals surface area contributed by atoms with E-state index in [4.69, 9.17) is 4.74 Å². The van der Waals surface area contributed by atoms with E-state index >= 15 is 0 Å². The largest absolute Gasteiger partial charge is 0.496 e. The normalized spacial score (nSPS) is 11.5. The van der Waals surface area contributed by atoms with E-state index in [1.165, 1.54) is 0 Å². The molecule has 36 heavy (non-hydrogen) atoms. The minimum absolute atomic E-state index is 0.305. The highest BCUT2D eigenvalue weighted by Gasteiger charge is 2.16. The molecule has 6 nitrogen and oxygen atoms in total. The third-order valence-electron chi connectivity index (χ3n) is 6.36. The summed E-state index contributed by atoms with van der Waals surface area (Å²) >= 11 is 0. The van der Waals surface area contributed by atoms with Crippen LogP contribution < -0.4 is 10.2 Å². The number of nitrogens with one attached hydrogen (secondary N) is 2. The number of ether oxygens (including phenoxy) is 1. The van der Waals surface area contributed by atoms with Crippen LogP contribution in [-0.4, -0.2) is 29.4 Å². The van der Waals surface area contributed by atoms with Crippen LogP contribution in [0.1, 0.15) is 16.1 Å². The van der Waals surface area contributed by atoms with Gasteiger partial charge >= 0.3 is 0 Å². The number of amides is 1. The number of carbonyl (C=O) groups excluding carboxylic acids is 1. The fourth-order valence-electron chi connectivity index (χ4n) is 4.66. The quantitative estimate of drug-likeness (QED) is 0.176. The van der Waals surface area contributed by atoms with Crippen LogP contribution in [0.4, 0.5) is 0 Å². The number of carbonyl (C=O) groups is 1. The molecule has 0 bridgehead atoms. The summed E-state index contributed by atoms with van der Waals surface area (Å²) < 4.78 is 5.58. The molecule has 0 aliphatic carbocycles. The fraction of sp³-hybridized carbons (Fsp3) is 0.0333. The second-order valence-corrected chi connectivity index (χ2v) is 8.46. The predicted molar refractivity (Wildman–Crippen MR) is 145 cm³/mol. The molecule has 0 atom stereocenters. The standard InChI is InChI=1S/C30H22N4O2/c1-36-28-15-14-19-8-2-7-13-24(19)29(28)26-17-27(33-32-26)30(35)34-31-18-25-22-11-5-3-9-20(22)16-21-10-4-6-12-23(21)25/h2-18H,1H3,(H,32,33)(H,34,35)/b31-18-. The monoisotopic (exact) mass is 470 g/mol. The molecule has 1 aromatic heterocycles. The summed E-state index contributed by atoms with van der Waals surface area (Å²) in [6, 6.07) is 32.1. The van der Waals surface area contributed by atoms with Gasteiger partial charge in [0.2, 0.25) is 0 Å². The van der Waals surface area contributed by atoms with Crippen molar-refractivity contribution in [1.29, 1.82) is 0 Å². The zero-order valence-corrected chi connectivity index (χ0v) is 19.5. The molecule has 1 amide bonds. The first kappa shape index (κ1) is 21.6. The number of benzene rings is 5. The van der Waals surface area contributed by atoms with Crippen molar-refractivity contribution < 1.29 is 9.53 Å². The maximum Gasteiger partial charge on any atom is 0.289 e. The Hall–Kier alpha value is -4.97. The van der Waals surface area contributed by atoms with E-state index in [-0.39, 0.29) is 5.91 Å². The van der Waals surface area contributed by atoms with Gasteiger partial charge in [-0.2, -0.15) is 10.2 Å². The summed E-state index contributed by atoms with van der Waals surface area (Å²) in [4.78, 5) is 12.9. The molecule has 2 N–H and O–H groups in total. The molecule has 0 aliphatic rings. The lowest BCUT2D eigenvalue weighted by molar-refractivity contribution is 0.0950. The minimum atomic E-state index is -0.381. The van der Waals surface area contributed by atoms with Crippen molar-refractivity contribution in [2.45, 2.75) is 0 Å². The molecule has 6 rings (SSSR count). The van der Waals surface area contributed by atoms with Crippen molar-refractivity contribution >= 4 is 44.4 Å². The Morgan fingerprint density at radius 3 is 2.17 bits per heavy atom. The maximum absolute atomic E-state index is 12.9. The Morgan fingerprint density at radius 1 is 0.833 bits per heavy atom. The number of aromatic nitrogens is 2. The van der Waals surface area contributed by atoms with E-state index in [9.17, 15) is 4.79 Å². The number of hydrogen-bond acceptors (Lipinski definition) is 4. The lowest BCUT2D eigenvalue weighted by atomic mass is 9.97. The van der Waals surface area contributed by atoms with E-state index in [1.54, 1.807) is 19.4 Å². The summed E-state index contributed by atoms with van der Waals surface area (Å²) in [5.74, 6) is 0.307. The molecule has 0 spiro atoms. The smallest absolute Gasteiger partial charge is 0.289 e. The SMILES string of the molecule is COc1ccc2ccccc2c1-c1cc(C(=O)N/N=C\c2c3ccccc3cc3ccccc23)[nH]n1. The number of H-pyrrole nitrogens is 1. The zero-order chi connectivity index (χ0) is 24.5. The molecule has 0 radical (unpaired) electrons. The van der Waals surface area contributed by atoms with E-state index in [2.05, 4.69) is 51.1 Å². The molecular weight excluding hydrogens is 448 g/mol. The van der Waals surface area contributed by atoms with Crippen LogP contribution in [0, 0.1) is 0 Å². The van der Waals surface area contributed by atoms with Gasteiger partial charge in [0.25, 0.3) is 5.91 Å². The number of hydrazone groups is 1. The van der Waals surface area contributed by atoms with Gasteiger partial charge in [0.15, 0.2) is 0 Å². The molecule has 6 heteroatoms. The number of hydrogen-bond donors (Lipinski definition) is 2. The third kappa shape index (κ3) is 3.75.